The molecule has 2 atom stereocenters. The number of methoxy groups -OCH3 is 1. The minimum atomic E-state index is -1.82. The van der Waals surface area contributed by atoms with Crippen LogP contribution in [0, 0.1) is 24.4 Å². The van der Waals surface area contributed by atoms with Crippen molar-refractivity contribution in [1.82, 2.24) is 0 Å². The maximum absolute atomic E-state index is 14.7. The maximum Gasteiger partial charge on any atom is 0.184 e. The molecule has 0 bridgehead atoms. The molecule has 164 valence electrons. The van der Waals surface area contributed by atoms with E-state index in [9.17, 15) is 22.8 Å². The van der Waals surface area contributed by atoms with Crippen LogP contribution in [0.25, 0.3) is 0 Å². The highest BCUT2D eigenvalue weighted by Crippen LogP contribution is 2.49. The smallest absolute Gasteiger partial charge is 0.184 e. The molecule has 30 heavy (non-hydrogen) atoms. The van der Waals surface area contributed by atoms with Crippen molar-refractivity contribution in [3.8, 4) is 5.75 Å². The molecule has 2 aromatic carbocycles. The van der Waals surface area contributed by atoms with E-state index in [2.05, 4.69) is 10.0 Å². The first-order chi connectivity index (χ1) is 14.2. The third-order valence-corrected chi connectivity index (χ3v) is 6.75. The summed E-state index contributed by atoms with van der Waals surface area (Å²) in [5.74, 6) is -3.32. The Balaban J connectivity index is 1.97. The maximum atomic E-state index is 14.7. The van der Waals surface area contributed by atoms with E-state index in [4.69, 9.17) is 9.84 Å². The second-order valence-corrected chi connectivity index (χ2v) is 8.93. The molecule has 0 saturated heterocycles. The van der Waals surface area contributed by atoms with Crippen molar-refractivity contribution in [3.63, 3.8) is 0 Å². The van der Waals surface area contributed by atoms with E-state index < -0.39 is 52.0 Å². The first kappa shape index (κ1) is 22.5. The molecular formula is C20H23F3N2O4S. The fraction of sp³-hybridized carbons (Fsp3) is 0.400. The Hall–Kier alpha value is -2.14. The number of aliphatic hydroxyl groups excluding tert-OH is 2. The van der Waals surface area contributed by atoms with E-state index in [1.54, 1.807) is 13.0 Å². The van der Waals surface area contributed by atoms with Crippen molar-refractivity contribution in [2.75, 3.05) is 23.8 Å². The van der Waals surface area contributed by atoms with Crippen LogP contribution in [0.2, 0.25) is 0 Å². The Labute approximate surface area is 175 Å². The van der Waals surface area contributed by atoms with Crippen molar-refractivity contribution < 1.29 is 32.7 Å². The Kier molecular flexibility index (Phi) is 6.71. The second kappa shape index (κ2) is 8.93. The van der Waals surface area contributed by atoms with Crippen LogP contribution >= 0.6 is 0 Å². The lowest BCUT2D eigenvalue weighted by atomic mass is 10.2. The molecule has 1 aliphatic carbocycles. The van der Waals surface area contributed by atoms with Crippen molar-refractivity contribution in [3.05, 3.63) is 47.3 Å². The quantitative estimate of drug-likeness (QED) is 0.442. The van der Waals surface area contributed by atoms with Gasteiger partial charge in [0.2, 0.25) is 0 Å². The summed E-state index contributed by atoms with van der Waals surface area (Å²) >= 11 is -1.82. The third-order valence-electron chi connectivity index (χ3n) is 5.00. The zero-order valence-electron chi connectivity index (χ0n) is 16.5. The van der Waals surface area contributed by atoms with Crippen LogP contribution in [-0.2, 0) is 11.4 Å². The van der Waals surface area contributed by atoms with Crippen LogP contribution in [-0.4, -0.2) is 39.3 Å². The van der Waals surface area contributed by atoms with Crippen LogP contribution < -0.4 is 14.8 Å². The average Bonchev–Trinajstić information content (AvgIpc) is 3.49. The molecule has 2 aromatic rings. The summed E-state index contributed by atoms with van der Waals surface area (Å²) in [5, 5.41) is 21.3. The van der Waals surface area contributed by atoms with E-state index in [-0.39, 0.29) is 23.5 Å². The van der Waals surface area contributed by atoms with Gasteiger partial charge in [0.1, 0.15) is 11.5 Å². The highest BCUT2D eigenvalue weighted by molar-refractivity contribution is 7.94. The number of nitrogens with one attached hydrogen (secondary N) is 2. The van der Waals surface area contributed by atoms with Gasteiger partial charge in [-0.05, 0) is 24.6 Å². The lowest BCUT2D eigenvalue weighted by Gasteiger charge is -2.25. The molecule has 0 aliphatic heterocycles. The number of aliphatic hydroxyl groups is 2. The van der Waals surface area contributed by atoms with Crippen LogP contribution in [0.4, 0.5) is 30.2 Å². The Morgan fingerprint density at radius 3 is 2.47 bits per heavy atom. The molecule has 3 rings (SSSR count). The number of ether oxygens (including phenoxy) is 1. The van der Waals surface area contributed by atoms with Gasteiger partial charge >= 0.3 is 0 Å². The number of anilines is 3. The van der Waals surface area contributed by atoms with E-state index in [0.717, 1.165) is 6.07 Å². The van der Waals surface area contributed by atoms with Gasteiger partial charge in [0.25, 0.3) is 0 Å². The number of halogens is 3. The predicted molar refractivity (Wildman–Crippen MR) is 109 cm³/mol. The van der Waals surface area contributed by atoms with Gasteiger partial charge in [0.05, 0.1) is 36.9 Å². The summed E-state index contributed by atoms with van der Waals surface area (Å²) in [5.41, 5.74) is -0.0494. The summed E-state index contributed by atoms with van der Waals surface area (Å²) in [6, 6.07) is 5.01. The minimum Gasteiger partial charge on any atom is -0.593 e. The highest BCUT2D eigenvalue weighted by atomic mass is 32.2. The molecule has 0 amide bonds. The number of hydrogen-bond donors (Lipinski definition) is 4. The van der Waals surface area contributed by atoms with Gasteiger partial charge in [0, 0.05) is 25.3 Å². The standard InChI is InChI=1S/C20H23F3N2O4S/c1-11-3-4-15(13(21)7-11)24-19-17(23)14(22)8-16(29-2)18(19)25-30(28)20(5-6-20)9-12(27)10-26/h3-4,7-8,12,24-27H,5-6,9-10H2,1-2H3. The second-order valence-electron chi connectivity index (χ2n) is 7.33. The topological polar surface area (TPSA) is 96.8 Å². The fourth-order valence-corrected chi connectivity index (χ4v) is 4.56. The molecule has 0 heterocycles. The minimum absolute atomic E-state index is 0.0739. The van der Waals surface area contributed by atoms with Crippen LogP contribution in [0.3, 0.4) is 0 Å². The van der Waals surface area contributed by atoms with Gasteiger partial charge < -0.3 is 24.8 Å². The molecule has 6 nitrogen and oxygen atoms in total. The van der Waals surface area contributed by atoms with Gasteiger partial charge in [-0.3, -0.25) is 0 Å². The number of benzene rings is 2. The lowest BCUT2D eigenvalue weighted by molar-refractivity contribution is 0.0858. The summed E-state index contributed by atoms with van der Waals surface area (Å²) in [6.45, 7) is 1.21. The Morgan fingerprint density at radius 2 is 1.90 bits per heavy atom. The van der Waals surface area contributed by atoms with E-state index in [0.29, 0.717) is 18.4 Å². The molecule has 10 heteroatoms. The SMILES string of the molecule is COc1cc(F)c(F)c(Nc2ccc(C)cc2F)c1N[S+]([O-])C1(CC(O)CO)CC1. The zero-order chi connectivity index (χ0) is 22.1. The molecule has 1 saturated carbocycles. The van der Waals surface area contributed by atoms with Gasteiger partial charge in [-0.1, -0.05) is 6.07 Å². The summed E-state index contributed by atoms with van der Waals surface area (Å²) in [4.78, 5) is 0. The highest BCUT2D eigenvalue weighted by Gasteiger charge is 2.56. The van der Waals surface area contributed by atoms with E-state index >= 15 is 0 Å². The van der Waals surface area contributed by atoms with Gasteiger partial charge in [-0.2, -0.15) is 0 Å². The lowest BCUT2D eigenvalue weighted by Crippen LogP contribution is -2.34. The van der Waals surface area contributed by atoms with Gasteiger partial charge in [-0.15, -0.1) is 0 Å². The third kappa shape index (κ3) is 4.61. The molecule has 1 aliphatic rings. The first-order valence-corrected chi connectivity index (χ1v) is 10.4. The monoisotopic (exact) mass is 444 g/mol. The number of rotatable bonds is 9. The summed E-state index contributed by atoms with van der Waals surface area (Å²) in [7, 11) is 1.24. The van der Waals surface area contributed by atoms with Crippen molar-refractivity contribution in [2.24, 2.45) is 0 Å². The van der Waals surface area contributed by atoms with Gasteiger partial charge in [-0.25, -0.2) is 17.9 Å². The Morgan fingerprint density at radius 1 is 1.20 bits per heavy atom. The predicted octanol–water partition coefficient (Wildman–Crippen LogP) is 3.52. The average molecular weight is 444 g/mol. The molecule has 0 spiro atoms. The zero-order valence-corrected chi connectivity index (χ0v) is 17.3. The largest absolute Gasteiger partial charge is 0.593 e. The first-order valence-electron chi connectivity index (χ1n) is 9.27. The molecular weight excluding hydrogens is 421 g/mol. The van der Waals surface area contributed by atoms with Crippen LogP contribution in [0.5, 0.6) is 5.75 Å². The van der Waals surface area contributed by atoms with Crippen LogP contribution in [0.15, 0.2) is 24.3 Å². The summed E-state index contributed by atoms with van der Waals surface area (Å²) in [6.07, 6.45) is 0.0601. The molecule has 0 radical (unpaired) electrons. The number of hydrogen-bond acceptors (Lipinski definition) is 6. The van der Waals surface area contributed by atoms with Gasteiger partial charge in [0.15, 0.2) is 27.8 Å². The summed E-state index contributed by atoms with van der Waals surface area (Å²) < 4.78 is 63.0. The number of aryl methyl sites for hydroxylation is 1. The molecule has 4 N–H and O–H groups in total. The normalized spacial score (nSPS) is 16.7. The van der Waals surface area contributed by atoms with E-state index in [1.165, 1.54) is 19.2 Å². The molecule has 2 unspecified atom stereocenters. The van der Waals surface area contributed by atoms with Crippen molar-refractivity contribution >= 4 is 28.4 Å². The van der Waals surface area contributed by atoms with Crippen molar-refractivity contribution in [1.29, 1.82) is 0 Å². The van der Waals surface area contributed by atoms with E-state index in [1.807, 2.05) is 0 Å². The van der Waals surface area contributed by atoms with Crippen LogP contribution in [0.1, 0.15) is 24.8 Å². The van der Waals surface area contributed by atoms with Crippen molar-refractivity contribution in [2.45, 2.75) is 37.0 Å². The Bertz CT molecular complexity index is 927. The fourth-order valence-electron chi connectivity index (χ4n) is 3.14. The molecule has 1 fully saturated rings. The molecule has 0 aromatic heterocycles.